The van der Waals surface area contributed by atoms with Crippen molar-refractivity contribution in [2.24, 2.45) is 5.92 Å². The number of nitrogens with zero attached hydrogens (tertiary/aromatic N) is 3. The van der Waals surface area contributed by atoms with E-state index in [0.29, 0.717) is 12.5 Å². The Morgan fingerprint density at radius 2 is 1.88 bits per heavy atom. The molecule has 1 aromatic heterocycles. The predicted molar refractivity (Wildman–Crippen MR) is 98.0 cm³/mol. The average Bonchev–Trinajstić information content (AvgIpc) is 3.10. The number of rotatable bonds is 6. The monoisotopic (exact) mass is 348 g/mol. The summed E-state index contributed by atoms with van der Waals surface area (Å²) in [6, 6.07) is 0. The lowest BCUT2D eigenvalue weighted by Crippen LogP contribution is -2.41. The average molecular weight is 348 g/mol. The Morgan fingerprint density at radius 1 is 1.24 bits per heavy atom. The highest BCUT2D eigenvalue weighted by Crippen LogP contribution is 2.36. The van der Waals surface area contributed by atoms with Crippen LogP contribution < -0.4 is 15.7 Å². The molecule has 1 aromatic rings. The van der Waals surface area contributed by atoms with E-state index in [0.717, 1.165) is 37.5 Å². The molecule has 0 aromatic carbocycles. The Morgan fingerprint density at radius 3 is 2.48 bits per heavy atom. The van der Waals surface area contributed by atoms with Gasteiger partial charge >= 0.3 is 7.12 Å². The molecule has 0 amide bonds. The van der Waals surface area contributed by atoms with E-state index in [9.17, 15) is 0 Å². The van der Waals surface area contributed by atoms with Crippen LogP contribution >= 0.6 is 0 Å². The second kappa shape index (κ2) is 7.19. The van der Waals surface area contributed by atoms with E-state index in [1.807, 2.05) is 40.1 Å². The van der Waals surface area contributed by atoms with E-state index >= 15 is 0 Å². The molecule has 2 N–H and O–H groups in total. The molecule has 1 atom stereocenters. The molecule has 0 bridgehead atoms. The second-order valence-electron chi connectivity index (χ2n) is 7.93. The number of hydrogen-bond acceptors (Lipinski definition) is 7. The van der Waals surface area contributed by atoms with Crippen molar-refractivity contribution in [3.63, 3.8) is 0 Å². The lowest BCUT2D eigenvalue weighted by atomic mass is 9.81. The molecule has 0 aliphatic carbocycles. The molecule has 0 spiro atoms. The van der Waals surface area contributed by atoms with Gasteiger partial charge in [-0.25, -0.2) is 9.97 Å². The zero-order valence-electron chi connectivity index (χ0n) is 15.7. The van der Waals surface area contributed by atoms with Crippen LogP contribution in [0.25, 0.3) is 0 Å². The van der Waals surface area contributed by atoms with Crippen LogP contribution in [-0.4, -0.2) is 66.2 Å². The normalized spacial score (nSPS) is 24.9. The minimum atomic E-state index is -0.423. The maximum Gasteiger partial charge on any atom is 0.498 e. The molecule has 0 radical (unpaired) electrons. The summed E-state index contributed by atoms with van der Waals surface area (Å²) in [5.74, 6) is 1.32. The van der Waals surface area contributed by atoms with Crippen LogP contribution in [0.3, 0.4) is 0 Å². The summed E-state index contributed by atoms with van der Waals surface area (Å²) in [6.45, 7) is 11.8. The second-order valence-corrected chi connectivity index (χ2v) is 7.93. The SMILES string of the molecule is CC1(C)OB(c2cnc(N3CC[C@@H](CNCCO)C3)nc2)OC1(C)C. The summed E-state index contributed by atoms with van der Waals surface area (Å²) in [4.78, 5) is 11.3. The third kappa shape index (κ3) is 3.97. The third-order valence-electron chi connectivity index (χ3n) is 5.47. The Hall–Kier alpha value is -1.22. The molecule has 3 heterocycles. The lowest BCUT2D eigenvalue weighted by molar-refractivity contribution is 0.00578. The highest BCUT2D eigenvalue weighted by molar-refractivity contribution is 6.61. The highest BCUT2D eigenvalue weighted by atomic mass is 16.7. The van der Waals surface area contributed by atoms with Gasteiger partial charge in [-0.2, -0.15) is 0 Å². The van der Waals surface area contributed by atoms with E-state index in [1.54, 1.807) is 0 Å². The number of aliphatic hydroxyl groups excluding tert-OH is 1. The van der Waals surface area contributed by atoms with Gasteiger partial charge in [-0.3, -0.25) is 0 Å². The number of nitrogens with one attached hydrogen (secondary N) is 1. The third-order valence-corrected chi connectivity index (χ3v) is 5.47. The fourth-order valence-corrected chi connectivity index (χ4v) is 3.16. The van der Waals surface area contributed by atoms with Gasteiger partial charge in [0.25, 0.3) is 0 Å². The van der Waals surface area contributed by atoms with E-state index < -0.39 is 7.12 Å². The van der Waals surface area contributed by atoms with Gasteiger partial charge in [0, 0.05) is 37.5 Å². The van der Waals surface area contributed by atoms with Gasteiger partial charge < -0.3 is 24.6 Å². The van der Waals surface area contributed by atoms with Crippen LogP contribution in [-0.2, 0) is 9.31 Å². The zero-order chi connectivity index (χ0) is 18.1. The molecule has 2 fully saturated rings. The zero-order valence-corrected chi connectivity index (χ0v) is 15.7. The number of aromatic nitrogens is 2. The molecule has 3 rings (SSSR count). The molecule has 2 saturated heterocycles. The molecule has 8 heteroatoms. The number of aliphatic hydroxyl groups is 1. The summed E-state index contributed by atoms with van der Waals surface area (Å²) in [7, 11) is -0.423. The van der Waals surface area contributed by atoms with Crippen LogP contribution in [0.5, 0.6) is 0 Å². The van der Waals surface area contributed by atoms with E-state index in [-0.39, 0.29) is 17.8 Å². The topological polar surface area (TPSA) is 79.7 Å². The maximum atomic E-state index is 8.84. The molecule has 138 valence electrons. The smallest absolute Gasteiger partial charge is 0.399 e. The van der Waals surface area contributed by atoms with Crippen molar-refractivity contribution in [3.8, 4) is 0 Å². The summed E-state index contributed by atoms with van der Waals surface area (Å²) < 4.78 is 12.1. The van der Waals surface area contributed by atoms with Crippen LogP contribution in [0.1, 0.15) is 34.1 Å². The largest absolute Gasteiger partial charge is 0.498 e. The van der Waals surface area contributed by atoms with Gasteiger partial charge in [-0.1, -0.05) is 0 Å². The standard InChI is InChI=1S/C17H29BN4O3/c1-16(2)17(3,4)25-18(24-16)14-10-20-15(21-11-14)22-7-5-13(12-22)9-19-6-8-23/h10-11,13,19,23H,5-9,12H2,1-4H3/t13-/m0/s1. The molecule has 25 heavy (non-hydrogen) atoms. The summed E-state index contributed by atoms with van der Waals surface area (Å²) in [5, 5.41) is 12.1. The highest BCUT2D eigenvalue weighted by Gasteiger charge is 2.52. The molecular formula is C17H29BN4O3. The van der Waals surface area contributed by atoms with Crippen LogP contribution in [0.2, 0.25) is 0 Å². The van der Waals surface area contributed by atoms with Crippen molar-refractivity contribution < 1.29 is 14.4 Å². The Bertz CT molecular complexity index is 566. The Kier molecular flexibility index (Phi) is 5.34. The minimum absolute atomic E-state index is 0.180. The first-order valence-corrected chi connectivity index (χ1v) is 9.06. The van der Waals surface area contributed by atoms with E-state index in [4.69, 9.17) is 14.4 Å². The van der Waals surface area contributed by atoms with Gasteiger partial charge in [0.05, 0.1) is 17.8 Å². The fraction of sp³-hybridized carbons (Fsp3) is 0.765. The lowest BCUT2D eigenvalue weighted by Gasteiger charge is -2.32. The van der Waals surface area contributed by atoms with Crippen molar-refractivity contribution >= 4 is 18.5 Å². The Balaban J connectivity index is 1.58. The summed E-state index contributed by atoms with van der Waals surface area (Å²) in [5.41, 5.74) is 0.128. The number of anilines is 1. The molecule has 0 unspecified atom stereocenters. The van der Waals surface area contributed by atoms with Crippen molar-refractivity contribution in [2.45, 2.75) is 45.3 Å². The van der Waals surface area contributed by atoms with E-state index in [2.05, 4.69) is 20.2 Å². The van der Waals surface area contributed by atoms with Crippen molar-refractivity contribution in [3.05, 3.63) is 12.4 Å². The summed E-state index contributed by atoms with van der Waals surface area (Å²) >= 11 is 0. The van der Waals surface area contributed by atoms with Crippen LogP contribution in [0.4, 0.5) is 5.95 Å². The molecular weight excluding hydrogens is 319 g/mol. The van der Waals surface area contributed by atoms with Gasteiger partial charge in [0.15, 0.2) is 0 Å². The molecule has 0 saturated carbocycles. The predicted octanol–water partition coefficient (Wildman–Crippen LogP) is 0.184. The van der Waals surface area contributed by atoms with Crippen molar-refractivity contribution in [1.29, 1.82) is 0 Å². The van der Waals surface area contributed by atoms with Gasteiger partial charge in [-0.15, -0.1) is 0 Å². The van der Waals surface area contributed by atoms with Gasteiger partial charge in [0.1, 0.15) is 0 Å². The first-order chi connectivity index (χ1) is 11.8. The first-order valence-electron chi connectivity index (χ1n) is 9.06. The molecule has 7 nitrogen and oxygen atoms in total. The van der Waals surface area contributed by atoms with Crippen LogP contribution in [0, 0.1) is 5.92 Å². The van der Waals surface area contributed by atoms with Crippen molar-refractivity contribution in [1.82, 2.24) is 15.3 Å². The first kappa shape index (κ1) is 18.6. The summed E-state index contributed by atoms with van der Waals surface area (Å²) in [6.07, 6.45) is 4.73. The van der Waals surface area contributed by atoms with Gasteiger partial charge in [-0.05, 0) is 46.6 Å². The van der Waals surface area contributed by atoms with Crippen LogP contribution in [0.15, 0.2) is 12.4 Å². The minimum Gasteiger partial charge on any atom is -0.399 e. The Labute approximate surface area is 150 Å². The quantitative estimate of drug-likeness (QED) is 0.561. The van der Waals surface area contributed by atoms with Crippen molar-refractivity contribution in [2.75, 3.05) is 37.7 Å². The fourth-order valence-electron chi connectivity index (χ4n) is 3.16. The maximum absolute atomic E-state index is 8.84. The number of hydrogen-bond donors (Lipinski definition) is 2. The van der Waals surface area contributed by atoms with Gasteiger partial charge in [0.2, 0.25) is 5.95 Å². The van der Waals surface area contributed by atoms with E-state index in [1.165, 1.54) is 0 Å². The molecule has 2 aliphatic heterocycles. The molecule has 2 aliphatic rings.